The van der Waals surface area contributed by atoms with Gasteiger partial charge in [0, 0.05) is 19.7 Å². The molecule has 0 atom stereocenters. The van der Waals surface area contributed by atoms with Gasteiger partial charge < -0.3 is 14.9 Å². The van der Waals surface area contributed by atoms with Crippen molar-refractivity contribution in [1.29, 1.82) is 0 Å². The van der Waals surface area contributed by atoms with E-state index in [1.807, 2.05) is 0 Å². The number of aliphatic hydroxyl groups excluding tert-OH is 1. The smallest absolute Gasteiger partial charge is 0.343 e. The van der Waals surface area contributed by atoms with Gasteiger partial charge in [-0.2, -0.15) is 9.49 Å². The number of nitro groups is 1. The van der Waals surface area contributed by atoms with Gasteiger partial charge in [-0.25, -0.2) is 13.6 Å². The van der Waals surface area contributed by atoms with E-state index < -0.39 is 56.5 Å². The first-order valence-corrected chi connectivity index (χ1v) is 6.59. The molecule has 0 bridgehead atoms. The SMILES string of the molecule is COC(=O)C(C=NN(C)C)=C(O)c1c(F)c(C)c(F)c(F)c1[N+](=O)[O-]. The first kappa shape index (κ1) is 19.9. The van der Waals surface area contributed by atoms with Gasteiger partial charge in [-0.15, -0.1) is 0 Å². The number of nitrogens with zero attached hydrogens (tertiary/aromatic N) is 3. The topological polar surface area (TPSA) is 105 Å². The Hall–Kier alpha value is -3.11. The number of benzene rings is 1. The number of hydrazone groups is 1. The summed E-state index contributed by atoms with van der Waals surface area (Å²) in [4.78, 5) is 21.4. The number of carbonyl (C=O) groups is 1. The monoisotopic (exact) mass is 361 g/mol. The number of ether oxygens (including phenoxy) is 1. The average Bonchev–Trinajstić information content (AvgIpc) is 2.54. The van der Waals surface area contributed by atoms with Gasteiger partial charge in [0.2, 0.25) is 5.82 Å². The first-order chi connectivity index (χ1) is 11.5. The Kier molecular flexibility index (Phi) is 6.09. The van der Waals surface area contributed by atoms with Crippen LogP contribution in [-0.4, -0.2) is 48.4 Å². The molecule has 11 heteroatoms. The molecule has 0 aliphatic rings. The molecule has 1 rings (SSSR count). The standard InChI is InChI=1S/C14H14F3N3O5/c1-6-9(15)8(12(20(23)24)11(17)10(6)16)13(21)7(14(22)25-4)5-18-19(2)3/h5,21H,1-4H3. The second-order valence-electron chi connectivity index (χ2n) is 4.89. The molecule has 1 aromatic rings. The van der Waals surface area contributed by atoms with Crippen molar-refractivity contribution in [3.05, 3.63) is 44.3 Å². The van der Waals surface area contributed by atoms with Crippen molar-refractivity contribution in [3.63, 3.8) is 0 Å². The lowest BCUT2D eigenvalue weighted by Crippen LogP contribution is -2.14. The largest absolute Gasteiger partial charge is 0.506 e. The van der Waals surface area contributed by atoms with Gasteiger partial charge in [-0.05, 0) is 6.92 Å². The Morgan fingerprint density at radius 2 is 1.84 bits per heavy atom. The minimum Gasteiger partial charge on any atom is -0.506 e. The van der Waals surface area contributed by atoms with Crippen LogP contribution in [0, 0.1) is 34.5 Å². The zero-order chi connectivity index (χ0) is 19.5. The summed E-state index contributed by atoms with van der Waals surface area (Å²) in [6.45, 7) is 0.819. The molecule has 136 valence electrons. The number of methoxy groups -OCH3 is 1. The highest BCUT2D eigenvalue weighted by Crippen LogP contribution is 2.35. The number of esters is 1. The highest BCUT2D eigenvalue weighted by molar-refractivity contribution is 6.15. The van der Waals surface area contributed by atoms with Gasteiger partial charge >= 0.3 is 11.7 Å². The van der Waals surface area contributed by atoms with Crippen LogP contribution in [0.2, 0.25) is 0 Å². The Labute approximate surface area is 140 Å². The van der Waals surface area contributed by atoms with Crippen LogP contribution in [0.25, 0.3) is 5.76 Å². The summed E-state index contributed by atoms with van der Waals surface area (Å²) in [6.07, 6.45) is 0.737. The number of nitro benzene ring substituents is 1. The van der Waals surface area contributed by atoms with Crippen LogP contribution < -0.4 is 0 Å². The zero-order valence-corrected chi connectivity index (χ0v) is 13.6. The third kappa shape index (κ3) is 3.87. The van der Waals surface area contributed by atoms with E-state index in [0.717, 1.165) is 20.2 Å². The van der Waals surface area contributed by atoms with Crippen LogP contribution in [0.1, 0.15) is 11.1 Å². The number of hydrogen-bond donors (Lipinski definition) is 1. The number of carbonyl (C=O) groups excluding carboxylic acids is 1. The summed E-state index contributed by atoms with van der Waals surface area (Å²) in [7, 11) is 3.83. The molecular weight excluding hydrogens is 347 g/mol. The van der Waals surface area contributed by atoms with E-state index in [9.17, 15) is 33.2 Å². The summed E-state index contributed by atoms with van der Waals surface area (Å²) in [5.74, 6) is -7.88. The maximum Gasteiger partial charge on any atom is 0.343 e. The van der Waals surface area contributed by atoms with E-state index in [4.69, 9.17) is 0 Å². The maximum absolute atomic E-state index is 14.3. The highest BCUT2D eigenvalue weighted by atomic mass is 19.2. The van der Waals surface area contributed by atoms with Gasteiger partial charge in [-0.3, -0.25) is 10.1 Å². The quantitative estimate of drug-likeness (QED) is 0.164. The average molecular weight is 361 g/mol. The van der Waals surface area contributed by atoms with Crippen molar-refractivity contribution >= 4 is 23.6 Å². The molecule has 0 saturated carbocycles. The van der Waals surface area contributed by atoms with Crippen molar-refractivity contribution in [2.45, 2.75) is 6.92 Å². The van der Waals surface area contributed by atoms with E-state index >= 15 is 0 Å². The minimum absolute atomic E-state index is 0.737. The molecule has 1 N–H and O–H groups in total. The Morgan fingerprint density at radius 1 is 1.28 bits per heavy atom. The van der Waals surface area contributed by atoms with Crippen LogP contribution in [-0.2, 0) is 9.53 Å². The third-order valence-corrected chi connectivity index (χ3v) is 3.01. The molecule has 0 aliphatic heterocycles. The van der Waals surface area contributed by atoms with Crippen molar-refractivity contribution < 1.29 is 32.7 Å². The summed E-state index contributed by atoms with van der Waals surface area (Å²) < 4.78 is 46.2. The third-order valence-electron chi connectivity index (χ3n) is 3.01. The molecule has 0 heterocycles. The fourth-order valence-corrected chi connectivity index (χ4v) is 1.78. The van der Waals surface area contributed by atoms with Gasteiger partial charge in [-0.1, -0.05) is 0 Å². The summed E-state index contributed by atoms with van der Waals surface area (Å²) in [6, 6.07) is 0. The minimum atomic E-state index is -1.97. The van der Waals surface area contributed by atoms with Crippen molar-refractivity contribution in [2.75, 3.05) is 21.2 Å². The molecule has 0 fully saturated rings. The fourth-order valence-electron chi connectivity index (χ4n) is 1.78. The number of halogens is 3. The van der Waals surface area contributed by atoms with Crippen molar-refractivity contribution in [1.82, 2.24) is 5.01 Å². The lowest BCUT2D eigenvalue weighted by atomic mass is 10.0. The molecule has 0 amide bonds. The first-order valence-electron chi connectivity index (χ1n) is 6.59. The van der Waals surface area contributed by atoms with E-state index in [1.165, 1.54) is 19.1 Å². The predicted molar refractivity (Wildman–Crippen MR) is 81.5 cm³/mol. The lowest BCUT2D eigenvalue weighted by Gasteiger charge is -2.11. The van der Waals surface area contributed by atoms with Crippen LogP contribution in [0.15, 0.2) is 10.7 Å². The predicted octanol–water partition coefficient (Wildman–Crippen LogP) is 2.31. The molecule has 0 aliphatic carbocycles. The van der Waals surface area contributed by atoms with Crippen LogP contribution in [0.5, 0.6) is 0 Å². The van der Waals surface area contributed by atoms with Gasteiger partial charge in [0.15, 0.2) is 5.82 Å². The maximum atomic E-state index is 14.3. The summed E-state index contributed by atoms with van der Waals surface area (Å²) in [5.41, 5.74) is -4.63. The van der Waals surface area contributed by atoms with Gasteiger partial charge in [0.25, 0.3) is 0 Å². The van der Waals surface area contributed by atoms with Gasteiger partial charge in [0.1, 0.15) is 22.7 Å². The Morgan fingerprint density at radius 3 is 2.28 bits per heavy atom. The molecule has 0 unspecified atom stereocenters. The van der Waals surface area contributed by atoms with Crippen LogP contribution in [0.4, 0.5) is 18.9 Å². The van der Waals surface area contributed by atoms with E-state index in [-0.39, 0.29) is 0 Å². The summed E-state index contributed by atoms with van der Waals surface area (Å²) in [5, 5.41) is 26.0. The Balaban J connectivity index is 3.93. The molecule has 25 heavy (non-hydrogen) atoms. The van der Waals surface area contributed by atoms with Gasteiger partial charge in [0.05, 0.1) is 18.2 Å². The van der Waals surface area contributed by atoms with Crippen LogP contribution in [0.3, 0.4) is 0 Å². The zero-order valence-electron chi connectivity index (χ0n) is 13.6. The fraction of sp³-hybridized carbons (Fsp3) is 0.286. The normalized spacial score (nSPS) is 12.1. The number of hydrogen-bond acceptors (Lipinski definition) is 7. The van der Waals surface area contributed by atoms with Crippen LogP contribution >= 0.6 is 0 Å². The number of aliphatic hydroxyl groups is 1. The van der Waals surface area contributed by atoms with Crippen molar-refractivity contribution in [3.8, 4) is 0 Å². The Bertz CT molecular complexity index is 791. The van der Waals surface area contributed by atoms with E-state index in [0.29, 0.717) is 0 Å². The second kappa shape index (κ2) is 7.64. The molecule has 0 spiro atoms. The van der Waals surface area contributed by atoms with Crippen molar-refractivity contribution in [2.24, 2.45) is 5.10 Å². The molecular formula is C14H14F3N3O5. The lowest BCUT2D eigenvalue weighted by molar-refractivity contribution is -0.388. The number of rotatable bonds is 5. The molecule has 0 aromatic heterocycles. The van der Waals surface area contributed by atoms with E-state index in [1.54, 1.807) is 0 Å². The highest BCUT2D eigenvalue weighted by Gasteiger charge is 2.35. The molecule has 0 radical (unpaired) electrons. The molecule has 1 aromatic carbocycles. The van der Waals surface area contributed by atoms with E-state index in [2.05, 4.69) is 9.84 Å². The molecule has 0 saturated heterocycles. The second-order valence-corrected chi connectivity index (χ2v) is 4.89. The summed E-state index contributed by atoms with van der Waals surface area (Å²) >= 11 is 0. The molecule has 8 nitrogen and oxygen atoms in total.